The normalized spacial score (nSPS) is 38.3. The largest absolute Gasteiger partial charge is 0.450 e. The Hall–Kier alpha value is -1.98. The molecule has 6 heteroatoms. The third-order valence-electron chi connectivity index (χ3n) is 10.3. The van der Waals surface area contributed by atoms with Crippen molar-refractivity contribution in [2.75, 3.05) is 0 Å². The molecule has 0 aliphatic heterocycles. The van der Waals surface area contributed by atoms with E-state index in [0.717, 1.165) is 63.4 Å². The first-order valence-electron chi connectivity index (χ1n) is 13.7. The zero-order valence-electron chi connectivity index (χ0n) is 22.2. The molecule has 0 bridgehead atoms. The molecule has 0 heterocycles. The van der Waals surface area contributed by atoms with E-state index >= 15 is 0 Å². The number of esters is 2. The number of allylic oxidation sites excluding steroid dienone is 1. The van der Waals surface area contributed by atoms with Crippen LogP contribution in [0.15, 0.2) is 11.3 Å². The van der Waals surface area contributed by atoms with E-state index in [-0.39, 0.29) is 28.4 Å². The van der Waals surface area contributed by atoms with Crippen molar-refractivity contribution in [1.29, 1.82) is 0 Å². The van der Waals surface area contributed by atoms with Crippen molar-refractivity contribution in [2.45, 2.75) is 117 Å². The molecule has 0 N–H and O–H groups in total. The maximum absolute atomic E-state index is 13.2. The maximum atomic E-state index is 13.2. The topological polar surface area (TPSA) is 86.7 Å². The van der Waals surface area contributed by atoms with Crippen molar-refractivity contribution in [1.82, 2.24) is 0 Å². The minimum atomic E-state index is -1.03. The van der Waals surface area contributed by atoms with Gasteiger partial charge in [-0.05, 0) is 87.0 Å². The van der Waals surface area contributed by atoms with Gasteiger partial charge in [-0.15, -0.1) is 0 Å². The Morgan fingerprint density at radius 2 is 1.66 bits per heavy atom. The Kier molecular flexibility index (Phi) is 7.07. The molecule has 35 heavy (non-hydrogen) atoms. The summed E-state index contributed by atoms with van der Waals surface area (Å²) < 4.78 is 11.6. The van der Waals surface area contributed by atoms with E-state index < -0.39 is 11.6 Å². The lowest BCUT2D eigenvalue weighted by molar-refractivity contribution is -0.189. The van der Waals surface area contributed by atoms with E-state index in [2.05, 4.69) is 20.8 Å². The first-order chi connectivity index (χ1) is 16.5. The summed E-state index contributed by atoms with van der Waals surface area (Å²) in [7, 11) is 0. The van der Waals surface area contributed by atoms with Gasteiger partial charge in [-0.25, -0.2) is 0 Å². The van der Waals surface area contributed by atoms with Crippen molar-refractivity contribution in [3.8, 4) is 0 Å². The summed E-state index contributed by atoms with van der Waals surface area (Å²) in [5, 5.41) is 0. The van der Waals surface area contributed by atoms with E-state index in [9.17, 15) is 19.2 Å². The number of hydrogen-bond acceptors (Lipinski definition) is 6. The molecular formula is C29H42O6. The lowest BCUT2D eigenvalue weighted by Crippen LogP contribution is -2.58. The highest BCUT2D eigenvalue weighted by Crippen LogP contribution is 2.68. The average Bonchev–Trinajstić information content (AvgIpc) is 3.09. The Bertz CT molecular complexity index is 949. The molecule has 0 aromatic heterocycles. The van der Waals surface area contributed by atoms with Gasteiger partial charge in [0.25, 0.3) is 0 Å². The van der Waals surface area contributed by atoms with Gasteiger partial charge in [0.2, 0.25) is 0 Å². The van der Waals surface area contributed by atoms with E-state index in [1.54, 1.807) is 6.92 Å². The summed E-state index contributed by atoms with van der Waals surface area (Å²) >= 11 is 0. The van der Waals surface area contributed by atoms with Crippen LogP contribution in [0.1, 0.15) is 112 Å². The van der Waals surface area contributed by atoms with E-state index in [1.165, 1.54) is 6.92 Å². The van der Waals surface area contributed by atoms with Crippen LogP contribution in [0.5, 0.6) is 0 Å². The second kappa shape index (κ2) is 9.48. The predicted molar refractivity (Wildman–Crippen MR) is 131 cm³/mol. The molecule has 4 aliphatic rings. The van der Waals surface area contributed by atoms with Gasteiger partial charge in [-0.2, -0.15) is 0 Å². The number of carbonyl (C=O) groups excluding carboxylic acids is 4. The molecule has 0 aromatic carbocycles. The molecule has 0 saturated heterocycles. The summed E-state index contributed by atoms with van der Waals surface area (Å²) in [6.45, 7) is 9.49. The molecule has 3 fully saturated rings. The Balaban J connectivity index is 1.63. The summed E-state index contributed by atoms with van der Waals surface area (Å²) in [5.41, 5.74) is -0.566. The maximum Gasteiger partial charge on any atom is 0.308 e. The van der Waals surface area contributed by atoms with Gasteiger partial charge in [-0.3, -0.25) is 19.2 Å². The quantitative estimate of drug-likeness (QED) is 0.331. The minimum Gasteiger partial charge on any atom is -0.450 e. The van der Waals surface area contributed by atoms with E-state index in [1.807, 2.05) is 0 Å². The Morgan fingerprint density at radius 1 is 0.943 bits per heavy atom. The molecule has 4 rings (SSSR count). The van der Waals surface area contributed by atoms with Crippen molar-refractivity contribution in [3.63, 3.8) is 0 Å². The van der Waals surface area contributed by atoms with Crippen LogP contribution >= 0.6 is 0 Å². The first-order valence-corrected chi connectivity index (χ1v) is 13.7. The first kappa shape index (κ1) is 26.1. The molecule has 3 saturated carbocycles. The van der Waals surface area contributed by atoms with Crippen LogP contribution in [0.25, 0.3) is 0 Å². The molecule has 194 valence electrons. The highest BCUT2D eigenvalue weighted by atomic mass is 16.6. The highest BCUT2D eigenvalue weighted by Gasteiger charge is 2.68. The smallest absolute Gasteiger partial charge is 0.308 e. The molecule has 0 radical (unpaired) electrons. The van der Waals surface area contributed by atoms with Gasteiger partial charge in [0, 0.05) is 25.2 Å². The number of ether oxygens (including phenoxy) is 2. The van der Waals surface area contributed by atoms with Gasteiger partial charge in [-0.1, -0.05) is 33.6 Å². The van der Waals surface area contributed by atoms with Crippen LogP contribution in [0.2, 0.25) is 0 Å². The van der Waals surface area contributed by atoms with Crippen molar-refractivity contribution in [2.24, 2.45) is 28.6 Å². The molecule has 0 spiro atoms. The Labute approximate surface area is 209 Å². The van der Waals surface area contributed by atoms with Gasteiger partial charge < -0.3 is 9.47 Å². The monoisotopic (exact) mass is 486 g/mol. The van der Waals surface area contributed by atoms with Crippen LogP contribution < -0.4 is 0 Å². The molecule has 6 nitrogen and oxygen atoms in total. The number of hydrogen-bond donors (Lipinski definition) is 0. The zero-order chi connectivity index (χ0) is 25.6. The number of ketones is 2. The van der Waals surface area contributed by atoms with Gasteiger partial charge in [0.15, 0.2) is 22.9 Å². The van der Waals surface area contributed by atoms with Crippen LogP contribution in [-0.2, 0) is 28.7 Å². The number of fused-ring (bicyclic) bond motifs is 5. The zero-order valence-corrected chi connectivity index (χ0v) is 22.2. The van der Waals surface area contributed by atoms with Crippen molar-refractivity contribution < 1.29 is 28.7 Å². The van der Waals surface area contributed by atoms with Gasteiger partial charge in [0.1, 0.15) is 0 Å². The number of unbranched alkanes of at least 4 members (excludes halogenated alkanes) is 2. The second-order valence-corrected chi connectivity index (χ2v) is 12.0. The van der Waals surface area contributed by atoms with Crippen molar-refractivity contribution >= 4 is 23.5 Å². The SMILES string of the molecule is CCCCCC(=O)O[C@]1(C(C)=O)CC[C@H]2[C@@H]3CCC4=C(OC(C)=O)C(=O)CC[C@]4(C)[C@H]3CC[C@@]21C. The summed E-state index contributed by atoms with van der Waals surface area (Å²) in [5.74, 6) is 0.596. The number of carbonyl (C=O) groups is 4. The van der Waals surface area contributed by atoms with E-state index in [4.69, 9.17) is 9.47 Å². The van der Waals surface area contributed by atoms with Gasteiger partial charge in [0.05, 0.1) is 0 Å². The molecule has 6 atom stereocenters. The third kappa shape index (κ3) is 4.09. The molecule has 0 amide bonds. The van der Waals surface area contributed by atoms with Crippen LogP contribution in [0.4, 0.5) is 0 Å². The molecule has 4 aliphatic carbocycles. The fourth-order valence-electron chi connectivity index (χ4n) is 8.51. The fraction of sp³-hybridized carbons (Fsp3) is 0.793. The lowest BCUT2D eigenvalue weighted by Gasteiger charge is -2.59. The van der Waals surface area contributed by atoms with Gasteiger partial charge >= 0.3 is 11.9 Å². The second-order valence-electron chi connectivity index (χ2n) is 12.0. The predicted octanol–water partition coefficient (Wildman–Crippen LogP) is 5.86. The van der Waals surface area contributed by atoms with Crippen LogP contribution in [-0.4, -0.2) is 29.1 Å². The van der Waals surface area contributed by atoms with Crippen LogP contribution in [0.3, 0.4) is 0 Å². The lowest BCUT2D eigenvalue weighted by atomic mass is 9.46. The third-order valence-corrected chi connectivity index (χ3v) is 10.3. The van der Waals surface area contributed by atoms with Crippen LogP contribution in [0, 0.1) is 28.6 Å². The summed E-state index contributed by atoms with van der Waals surface area (Å²) in [4.78, 5) is 50.4. The standard InChI is InChI=1S/C29H42O6/c1-6-7-8-9-25(33)35-29(18(2)30)17-13-22-20-10-11-23-26(34-19(3)31)24(32)14-15-27(23,4)21(20)12-16-28(22,29)5/h20-22H,6-17H2,1-5H3/t20-,21+,22+,27-,28+,29+/m1/s1. The summed E-state index contributed by atoms with van der Waals surface area (Å²) in [6.07, 6.45) is 9.23. The van der Waals surface area contributed by atoms with Crippen molar-refractivity contribution in [3.05, 3.63) is 11.3 Å². The molecule has 0 unspecified atom stereocenters. The number of Topliss-reactive ketones (excluding diaryl/α,β-unsaturated/α-hetero) is 2. The fourth-order valence-corrected chi connectivity index (χ4v) is 8.51. The average molecular weight is 487 g/mol. The molecular weight excluding hydrogens is 444 g/mol. The minimum absolute atomic E-state index is 0.0206. The van der Waals surface area contributed by atoms with E-state index in [0.29, 0.717) is 42.8 Å². The Morgan fingerprint density at radius 3 is 2.31 bits per heavy atom. The highest BCUT2D eigenvalue weighted by molar-refractivity contribution is 5.97. The summed E-state index contributed by atoms with van der Waals surface area (Å²) in [6, 6.07) is 0. The molecule has 0 aromatic rings. The number of rotatable bonds is 7.